The number of carbonyl (C=O) groups is 1. The summed E-state index contributed by atoms with van der Waals surface area (Å²) in [5, 5.41) is 3.73. The molecule has 1 aliphatic rings. The molecule has 1 N–H and O–H groups in total. The Balaban J connectivity index is 2.15. The number of rotatable bonds is 4. The monoisotopic (exact) mass is 311 g/mol. The number of para-hydroxylation sites is 1. The summed E-state index contributed by atoms with van der Waals surface area (Å²) in [5.74, 6) is 0.330. The third-order valence-electron chi connectivity index (χ3n) is 4.07. The Kier molecular flexibility index (Phi) is 5.12. The largest absolute Gasteiger partial charge is 0.494 e. The molecule has 1 aromatic carbocycles. The van der Waals surface area contributed by atoms with Gasteiger partial charge in [0.05, 0.1) is 12.1 Å². The van der Waals surface area contributed by atoms with Crippen molar-refractivity contribution in [1.29, 1.82) is 0 Å². The van der Waals surface area contributed by atoms with Gasteiger partial charge < -0.3 is 14.8 Å². The van der Waals surface area contributed by atoms with Crippen molar-refractivity contribution < 1.29 is 14.3 Å². The minimum Gasteiger partial charge on any atom is -0.494 e. The summed E-state index contributed by atoms with van der Waals surface area (Å²) >= 11 is 6.05. The lowest BCUT2D eigenvalue weighted by molar-refractivity contribution is -0.0370. The van der Waals surface area contributed by atoms with Gasteiger partial charge >= 0.3 is 5.97 Å². The van der Waals surface area contributed by atoms with Crippen LogP contribution in [0.2, 0.25) is 5.02 Å². The van der Waals surface area contributed by atoms with E-state index in [2.05, 4.69) is 5.32 Å². The van der Waals surface area contributed by atoms with Crippen LogP contribution in [0.4, 0.5) is 0 Å². The molecule has 0 spiro atoms. The zero-order valence-electron chi connectivity index (χ0n) is 12.7. The number of carbonyl (C=O) groups excluding carboxylic acids is 1. The SMILES string of the molecule is COc1c(Cl)cccc1C(=O)OC(C)(C)C1CCNCC1. The third kappa shape index (κ3) is 3.69. The molecule has 1 heterocycles. The van der Waals surface area contributed by atoms with Gasteiger partial charge in [-0.1, -0.05) is 17.7 Å². The Hall–Kier alpha value is -1.26. The Labute approximate surface area is 130 Å². The molecule has 4 nitrogen and oxygen atoms in total. The fraction of sp³-hybridized carbons (Fsp3) is 0.562. The van der Waals surface area contributed by atoms with E-state index in [0.717, 1.165) is 25.9 Å². The molecule has 0 saturated carbocycles. The molecule has 0 unspecified atom stereocenters. The van der Waals surface area contributed by atoms with E-state index in [0.29, 0.717) is 22.3 Å². The predicted molar refractivity (Wildman–Crippen MR) is 83.1 cm³/mol. The molecular formula is C16H22ClNO3. The van der Waals surface area contributed by atoms with E-state index in [4.69, 9.17) is 21.1 Å². The standard InChI is InChI=1S/C16H22ClNO3/c1-16(2,11-7-9-18-10-8-11)21-15(19)12-5-4-6-13(17)14(12)20-3/h4-6,11,18H,7-10H2,1-3H3. The number of ether oxygens (including phenoxy) is 2. The van der Waals surface area contributed by atoms with Gasteiger partial charge in [-0.25, -0.2) is 4.79 Å². The number of halogens is 1. The zero-order chi connectivity index (χ0) is 15.5. The van der Waals surface area contributed by atoms with Crippen LogP contribution in [-0.2, 0) is 4.74 Å². The highest BCUT2D eigenvalue weighted by atomic mass is 35.5. The van der Waals surface area contributed by atoms with Crippen molar-refractivity contribution in [1.82, 2.24) is 5.32 Å². The van der Waals surface area contributed by atoms with Crippen molar-refractivity contribution in [2.75, 3.05) is 20.2 Å². The van der Waals surface area contributed by atoms with Crippen LogP contribution in [0.15, 0.2) is 18.2 Å². The summed E-state index contributed by atoms with van der Waals surface area (Å²) in [6.45, 7) is 5.87. The number of hydrogen-bond acceptors (Lipinski definition) is 4. The second kappa shape index (κ2) is 6.67. The Morgan fingerprint density at radius 2 is 2.00 bits per heavy atom. The molecule has 1 aromatic rings. The normalized spacial score (nSPS) is 16.6. The molecule has 5 heteroatoms. The van der Waals surface area contributed by atoms with Crippen molar-refractivity contribution >= 4 is 17.6 Å². The average Bonchev–Trinajstić information content (AvgIpc) is 2.47. The summed E-state index contributed by atoms with van der Waals surface area (Å²) in [4.78, 5) is 12.5. The fourth-order valence-electron chi connectivity index (χ4n) is 2.77. The van der Waals surface area contributed by atoms with E-state index in [1.165, 1.54) is 7.11 Å². The van der Waals surface area contributed by atoms with Gasteiger partial charge in [0.1, 0.15) is 11.2 Å². The summed E-state index contributed by atoms with van der Waals surface area (Å²) < 4.78 is 11.0. The highest BCUT2D eigenvalue weighted by Gasteiger charge is 2.35. The van der Waals surface area contributed by atoms with Gasteiger partial charge in [-0.2, -0.15) is 0 Å². The lowest BCUT2D eigenvalue weighted by Crippen LogP contribution is -2.42. The molecule has 0 bridgehead atoms. The molecule has 1 saturated heterocycles. The molecule has 0 atom stereocenters. The van der Waals surface area contributed by atoms with Crippen molar-refractivity contribution in [3.05, 3.63) is 28.8 Å². The van der Waals surface area contributed by atoms with Crippen molar-refractivity contribution in [2.45, 2.75) is 32.3 Å². The molecule has 0 amide bonds. The van der Waals surface area contributed by atoms with Gasteiger partial charge in [-0.3, -0.25) is 0 Å². The van der Waals surface area contributed by atoms with E-state index < -0.39 is 11.6 Å². The Morgan fingerprint density at radius 1 is 1.33 bits per heavy atom. The van der Waals surface area contributed by atoms with Crippen LogP contribution in [-0.4, -0.2) is 31.8 Å². The summed E-state index contributed by atoms with van der Waals surface area (Å²) in [5.41, 5.74) is -0.140. The van der Waals surface area contributed by atoms with E-state index in [-0.39, 0.29) is 0 Å². The first-order chi connectivity index (χ1) is 9.95. The van der Waals surface area contributed by atoms with Gasteiger partial charge in [0.15, 0.2) is 5.75 Å². The molecule has 116 valence electrons. The first kappa shape index (κ1) is 16.1. The van der Waals surface area contributed by atoms with Crippen LogP contribution in [0.25, 0.3) is 0 Å². The number of hydrogen-bond donors (Lipinski definition) is 1. The maximum absolute atomic E-state index is 12.5. The molecule has 21 heavy (non-hydrogen) atoms. The first-order valence-electron chi connectivity index (χ1n) is 7.22. The zero-order valence-corrected chi connectivity index (χ0v) is 13.5. The van der Waals surface area contributed by atoms with Gasteiger partial charge in [0.25, 0.3) is 0 Å². The maximum atomic E-state index is 12.5. The van der Waals surface area contributed by atoms with Crippen LogP contribution in [0.5, 0.6) is 5.75 Å². The predicted octanol–water partition coefficient (Wildman–Crippen LogP) is 3.28. The number of methoxy groups -OCH3 is 1. The van der Waals surface area contributed by atoms with Crippen molar-refractivity contribution in [3.63, 3.8) is 0 Å². The maximum Gasteiger partial charge on any atom is 0.342 e. The quantitative estimate of drug-likeness (QED) is 0.867. The molecule has 0 radical (unpaired) electrons. The number of nitrogens with one attached hydrogen (secondary N) is 1. The minimum atomic E-state index is -0.507. The van der Waals surface area contributed by atoms with Crippen LogP contribution >= 0.6 is 11.6 Å². The molecule has 1 aliphatic heterocycles. The second-order valence-electron chi connectivity index (χ2n) is 5.84. The third-order valence-corrected chi connectivity index (χ3v) is 4.37. The van der Waals surface area contributed by atoms with E-state index in [1.807, 2.05) is 13.8 Å². The smallest absolute Gasteiger partial charge is 0.342 e. The number of esters is 1. The average molecular weight is 312 g/mol. The fourth-order valence-corrected chi connectivity index (χ4v) is 3.02. The molecule has 0 aliphatic carbocycles. The Morgan fingerprint density at radius 3 is 2.62 bits per heavy atom. The number of piperidine rings is 1. The topological polar surface area (TPSA) is 47.6 Å². The lowest BCUT2D eigenvalue weighted by Gasteiger charge is -2.36. The van der Waals surface area contributed by atoms with E-state index in [1.54, 1.807) is 18.2 Å². The summed E-state index contributed by atoms with van der Waals surface area (Å²) in [7, 11) is 1.50. The lowest BCUT2D eigenvalue weighted by atomic mass is 9.83. The van der Waals surface area contributed by atoms with Crippen LogP contribution in [0.3, 0.4) is 0 Å². The minimum absolute atomic E-state index is 0.355. The highest BCUT2D eigenvalue weighted by molar-refractivity contribution is 6.32. The second-order valence-corrected chi connectivity index (χ2v) is 6.25. The highest BCUT2D eigenvalue weighted by Crippen LogP contribution is 2.33. The summed E-state index contributed by atoms with van der Waals surface area (Å²) in [6.07, 6.45) is 2.01. The van der Waals surface area contributed by atoms with Crippen LogP contribution in [0.1, 0.15) is 37.0 Å². The summed E-state index contributed by atoms with van der Waals surface area (Å²) in [6, 6.07) is 5.08. The van der Waals surface area contributed by atoms with Crippen molar-refractivity contribution in [2.24, 2.45) is 5.92 Å². The van der Waals surface area contributed by atoms with Gasteiger partial charge in [-0.05, 0) is 51.9 Å². The van der Waals surface area contributed by atoms with Gasteiger partial charge in [0.2, 0.25) is 0 Å². The van der Waals surface area contributed by atoms with Crippen molar-refractivity contribution in [3.8, 4) is 5.75 Å². The van der Waals surface area contributed by atoms with Crippen LogP contribution in [0, 0.1) is 5.92 Å². The molecule has 1 fully saturated rings. The number of benzene rings is 1. The van der Waals surface area contributed by atoms with Gasteiger partial charge in [-0.15, -0.1) is 0 Å². The van der Waals surface area contributed by atoms with Gasteiger partial charge in [0, 0.05) is 5.92 Å². The van der Waals surface area contributed by atoms with E-state index >= 15 is 0 Å². The Bertz CT molecular complexity index is 510. The molecule has 2 rings (SSSR count). The van der Waals surface area contributed by atoms with E-state index in [9.17, 15) is 4.79 Å². The molecular weight excluding hydrogens is 290 g/mol. The molecule has 0 aromatic heterocycles. The first-order valence-corrected chi connectivity index (χ1v) is 7.60. The van der Waals surface area contributed by atoms with Crippen LogP contribution < -0.4 is 10.1 Å².